The van der Waals surface area contributed by atoms with Crippen LogP contribution in [0.5, 0.6) is 0 Å². The number of nitrogens with one attached hydrogen (secondary N) is 1. The summed E-state index contributed by atoms with van der Waals surface area (Å²) in [7, 11) is -10.2. The van der Waals surface area contributed by atoms with Crippen LogP contribution in [-0.2, 0) is 18.0 Å². The number of hydrogen-bond donors (Lipinski definition) is 4. The summed E-state index contributed by atoms with van der Waals surface area (Å²) in [4.78, 5) is 27.2. The first-order valence-electron chi connectivity index (χ1n) is 7.97. The van der Waals surface area contributed by atoms with Crippen LogP contribution in [0.15, 0.2) is 52.0 Å². The van der Waals surface area contributed by atoms with E-state index in [0.29, 0.717) is 12.1 Å². The Kier molecular flexibility index (Phi) is 9.62. The summed E-state index contributed by atoms with van der Waals surface area (Å²) in [5, 5.41) is 2.88. The number of benzene rings is 1. The lowest BCUT2D eigenvalue weighted by molar-refractivity contribution is 0.162. The van der Waals surface area contributed by atoms with Gasteiger partial charge in [0.05, 0.1) is 0 Å². The molecule has 0 fully saturated rings. The fourth-order valence-corrected chi connectivity index (χ4v) is 4.10. The first-order chi connectivity index (χ1) is 12.4. The van der Waals surface area contributed by atoms with Crippen LogP contribution in [0, 0.1) is 0 Å². The monoisotopic (exact) mass is 483 g/mol. The van der Waals surface area contributed by atoms with Gasteiger partial charge in [0.25, 0.3) is 0 Å². The predicted octanol–water partition coefficient (Wildman–Crippen LogP) is 5.11. The molecule has 152 valence electrons. The van der Waals surface area contributed by atoms with E-state index in [0.717, 1.165) is 16.5 Å². The number of halogens is 1. The van der Waals surface area contributed by atoms with Crippen molar-refractivity contribution in [2.24, 2.45) is 0 Å². The van der Waals surface area contributed by atoms with Crippen molar-refractivity contribution in [1.29, 1.82) is 0 Å². The molecule has 0 bridgehead atoms. The van der Waals surface area contributed by atoms with Gasteiger partial charge in [-0.1, -0.05) is 39.2 Å². The minimum absolute atomic E-state index is 0.568. The number of anilines is 1. The summed E-state index contributed by atoms with van der Waals surface area (Å²) in [6.07, 6.45) is 3.94. The molecule has 1 aromatic carbocycles. The van der Waals surface area contributed by atoms with Crippen LogP contribution in [0.1, 0.15) is 33.6 Å². The van der Waals surface area contributed by atoms with Crippen LogP contribution in [0.3, 0.4) is 0 Å². The van der Waals surface area contributed by atoms with Crippen molar-refractivity contribution in [3.8, 4) is 0 Å². The van der Waals surface area contributed by atoms with Crippen LogP contribution in [-0.4, -0.2) is 20.9 Å². The SMILES string of the molecule is CC(C)=CCC/C(C)=C/C(Nc1cccc(Br)c1)OP(=O)(O)OP(=O)(O)O. The van der Waals surface area contributed by atoms with Gasteiger partial charge in [0.15, 0.2) is 6.23 Å². The first kappa shape index (κ1) is 24.3. The van der Waals surface area contributed by atoms with E-state index in [4.69, 9.17) is 14.3 Å². The fourth-order valence-electron chi connectivity index (χ4n) is 2.07. The van der Waals surface area contributed by atoms with Gasteiger partial charge in [-0.05, 0) is 57.9 Å². The molecule has 0 spiro atoms. The van der Waals surface area contributed by atoms with E-state index in [2.05, 4.69) is 31.6 Å². The van der Waals surface area contributed by atoms with Crippen molar-refractivity contribution in [2.45, 2.75) is 39.8 Å². The zero-order chi connectivity index (χ0) is 20.7. The highest BCUT2D eigenvalue weighted by atomic mass is 79.9. The van der Waals surface area contributed by atoms with Gasteiger partial charge in [-0.15, -0.1) is 0 Å². The average molecular weight is 484 g/mol. The third-order valence-electron chi connectivity index (χ3n) is 3.12. The van der Waals surface area contributed by atoms with Crippen LogP contribution in [0.4, 0.5) is 5.69 Å². The first-order valence-corrected chi connectivity index (χ1v) is 11.8. The van der Waals surface area contributed by atoms with Crippen molar-refractivity contribution in [3.63, 3.8) is 0 Å². The molecule has 0 amide bonds. The molecule has 4 N–H and O–H groups in total. The van der Waals surface area contributed by atoms with Crippen molar-refractivity contribution < 1.29 is 32.6 Å². The number of allylic oxidation sites excluding steroid dienone is 3. The van der Waals surface area contributed by atoms with E-state index in [9.17, 15) is 14.0 Å². The Hall–Kier alpha value is -0.760. The standard InChI is InChI=1S/C16H24BrNO7P2/c1-12(2)6-4-7-13(3)10-16(18-15-9-5-8-14(17)11-15)24-27(22,23)25-26(19,20)21/h5-6,8-11,16,18H,4,7H2,1-3H3,(H,22,23)(H2,19,20,21)/b13-10+. The number of phosphoric acid groups is 2. The lowest BCUT2D eigenvalue weighted by Gasteiger charge is -2.21. The molecule has 1 rings (SSSR count). The smallest absolute Gasteiger partial charge is 0.356 e. The summed E-state index contributed by atoms with van der Waals surface area (Å²) in [6.45, 7) is 5.80. The Labute approximate surface area is 167 Å². The van der Waals surface area contributed by atoms with Gasteiger partial charge in [-0.25, -0.2) is 9.13 Å². The van der Waals surface area contributed by atoms with Crippen LogP contribution < -0.4 is 5.32 Å². The second kappa shape index (κ2) is 10.7. The second-order valence-corrected chi connectivity index (χ2v) is 9.75. The number of hydrogen-bond acceptors (Lipinski definition) is 5. The third-order valence-corrected chi connectivity index (χ3v) is 5.78. The average Bonchev–Trinajstić information content (AvgIpc) is 2.43. The molecule has 0 saturated heterocycles. The fraction of sp³-hybridized carbons (Fsp3) is 0.375. The molecule has 2 unspecified atom stereocenters. The minimum Gasteiger partial charge on any atom is -0.356 e. The molecule has 11 heteroatoms. The van der Waals surface area contributed by atoms with Crippen molar-refractivity contribution >= 4 is 37.3 Å². The highest BCUT2D eigenvalue weighted by Gasteiger charge is 2.34. The zero-order valence-electron chi connectivity index (χ0n) is 15.2. The van der Waals surface area contributed by atoms with Gasteiger partial charge < -0.3 is 20.0 Å². The maximum Gasteiger partial charge on any atom is 0.483 e. The van der Waals surface area contributed by atoms with E-state index in [1.54, 1.807) is 30.3 Å². The molecule has 2 atom stereocenters. The van der Waals surface area contributed by atoms with Gasteiger partial charge in [-0.2, -0.15) is 4.31 Å². The molecule has 0 saturated carbocycles. The van der Waals surface area contributed by atoms with Gasteiger partial charge in [-0.3, -0.25) is 4.52 Å². The summed E-state index contributed by atoms with van der Waals surface area (Å²) in [5.41, 5.74) is 2.60. The highest BCUT2D eigenvalue weighted by Crippen LogP contribution is 2.58. The molecule has 0 aliphatic heterocycles. The van der Waals surface area contributed by atoms with Gasteiger partial charge >= 0.3 is 15.6 Å². The third kappa shape index (κ3) is 11.6. The quantitative estimate of drug-likeness (QED) is 0.205. The second-order valence-electron chi connectivity index (χ2n) is 6.05. The molecule has 0 aliphatic rings. The van der Waals surface area contributed by atoms with E-state index >= 15 is 0 Å². The van der Waals surface area contributed by atoms with E-state index in [1.165, 1.54) is 5.57 Å². The van der Waals surface area contributed by atoms with Crippen LogP contribution in [0.2, 0.25) is 0 Å². The summed E-state index contributed by atoms with van der Waals surface area (Å²) < 4.78 is 32.4. The number of rotatable bonds is 10. The maximum absolute atomic E-state index is 11.9. The molecule has 0 heterocycles. The Balaban J connectivity index is 2.99. The van der Waals surface area contributed by atoms with Gasteiger partial charge in [0, 0.05) is 10.2 Å². The Morgan fingerprint density at radius 2 is 1.93 bits per heavy atom. The number of phosphoric ester groups is 1. The van der Waals surface area contributed by atoms with Crippen molar-refractivity contribution in [3.05, 3.63) is 52.0 Å². The minimum atomic E-state index is -5.20. The van der Waals surface area contributed by atoms with E-state index in [-0.39, 0.29) is 0 Å². The lowest BCUT2D eigenvalue weighted by Crippen LogP contribution is -2.20. The Morgan fingerprint density at radius 3 is 2.48 bits per heavy atom. The largest absolute Gasteiger partial charge is 0.483 e. The summed E-state index contributed by atoms with van der Waals surface area (Å²) in [5.74, 6) is 0. The van der Waals surface area contributed by atoms with Gasteiger partial charge in [0.1, 0.15) is 0 Å². The summed E-state index contributed by atoms with van der Waals surface area (Å²) in [6, 6.07) is 6.98. The normalized spacial score (nSPS) is 15.7. The maximum atomic E-state index is 11.9. The van der Waals surface area contributed by atoms with E-state index < -0.39 is 21.9 Å². The molecular formula is C16H24BrNO7P2. The lowest BCUT2D eigenvalue weighted by atomic mass is 10.1. The topological polar surface area (TPSA) is 125 Å². The van der Waals surface area contributed by atoms with E-state index in [1.807, 2.05) is 20.8 Å². The van der Waals surface area contributed by atoms with Crippen LogP contribution in [0.25, 0.3) is 0 Å². The van der Waals surface area contributed by atoms with Gasteiger partial charge in [0.2, 0.25) is 0 Å². The molecule has 0 radical (unpaired) electrons. The Bertz CT molecular complexity index is 787. The van der Waals surface area contributed by atoms with Crippen molar-refractivity contribution in [1.82, 2.24) is 0 Å². The molecule has 1 aromatic rings. The molecule has 0 aliphatic carbocycles. The molecular weight excluding hydrogens is 460 g/mol. The zero-order valence-corrected chi connectivity index (χ0v) is 18.6. The Morgan fingerprint density at radius 1 is 1.26 bits per heavy atom. The summed E-state index contributed by atoms with van der Waals surface area (Å²) >= 11 is 3.32. The van der Waals surface area contributed by atoms with Crippen molar-refractivity contribution in [2.75, 3.05) is 5.32 Å². The molecule has 8 nitrogen and oxygen atoms in total. The highest BCUT2D eigenvalue weighted by molar-refractivity contribution is 9.10. The molecule has 27 heavy (non-hydrogen) atoms. The predicted molar refractivity (Wildman–Crippen MR) is 108 cm³/mol. The molecule has 0 aromatic heterocycles. The van der Waals surface area contributed by atoms with Crippen LogP contribution >= 0.6 is 31.6 Å².